The Hall–Kier alpha value is -1.68. The predicted octanol–water partition coefficient (Wildman–Crippen LogP) is 4.92. The van der Waals surface area contributed by atoms with Crippen molar-refractivity contribution in [3.8, 4) is 0 Å². The Kier molecular flexibility index (Phi) is 4.76. The molecule has 0 saturated heterocycles. The minimum atomic E-state index is -0.132. The van der Waals surface area contributed by atoms with Gasteiger partial charge < -0.3 is 4.57 Å². The molecule has 0 atom stereocenters. The molecular formula is C21H28N2OS. The van der Waals surface area contributed by atoms with E-state index in [0.717, 1.165) is 28.4 Å². The molecule has 1 saturated carbocycles. The summed E-state index contributed by atoms with van der Waals surface area (Å²) in [5.41, 5.74) is 4.19. The van der Waals surface area contributed by atoms with Gasteiger partial charge in [0.25, 0.3) is 5.91 Å². The third kappa shape index (κ3) is 3.79. The highest BCUT2D eigenvalue weighted by Crippen LogP contribution is 2.33. The Morgan fingerprint density at radius 3 is 2.52 bits per heavy atom. The predicted molar refractivity (Wildman–Crippen MR) is 104 cm³/mol. The number of thiazole rings is 1. The fourth-order valence-electron chi connectivity index (χ4n) is 3.17. The van der Waals surface area contributed by atoms with Crippen LogP contribution in [0.3, 0.4) is 0 Å². The fourth-order valence-corrected chi connectivity index (χ4v) is 4.37. The number of nitrogens with zero attached hydrogens (tertiary/aromatic N) is 2. The zero-order valence-electron chi connectivity index (χ0n) is 16.1. The van der Waals surface area contributed by atoms with Crippen LogP contribution in [0.4, 0.5) is 0 Å². The Morgan fingerprint density at radius 1 is 1.24 bits per heavy atom. The Bertz CT molecular complexity index is 876. The SMILES string of the molecule is Cc1cccc(C(=O)/N=c2\sc(C(C)(C)C)c(C)n2CC2CC2)c1C. The molecule has 1 aromatic heterocycles. The topological polar surface area (TPSA) is 34.4 Å². The van der Waals surface area contributed by atoms with Gasteiger partial charge in [0.15, 0.2) is 4.80 Å². The molecule has 0 N–H and O–H groups in total. The van der Waals surface area contributed by atoms with E-state index in [1.807, 2.05) is 32.0 Å². The molecule has 0 aliphatic heterocycles. The fraction of sp³-hybridized carbons (Fsp3) is 0.524. The van der Waals surface area contributed by atoms with Crippen molar-refractivity contribution >= 4 is 17.2 Å². The van der Waals surface area contributed by atoms with Gasteiger partial charge in [-0.15, -0.1) is 11.3 Å². The molecule has 25 heavy (non-hydrogen) atoms. The van der Waals surface area contributed by atoms with Gasteiger partial charge in [-0.3, -0.25) is 4.79 Å². The average Bonchev–Trinajstić information content (AvgIpc) is 3.28. The Balaban J connectivity index is 2.09. The van der Waals surface area contributed by atoms with Crippen LogP contribution in [0.15, 0.2) is 23.2 Å². The maximum Gasteiger partial charge on any atom is 0.279 e. The minimum absolute atomic E-state index is 0.0656. The van der Waals surface area contributed by atoms with Gasteiger partial charge in [0, 0.05) is 22.7 Å². The Morgan fingerprint density at radius 2 is 1.92 bits per heavy atom. The first-order valence-electron chi connectivity index (χ1n) is 9.04. The number of hydrogen-bond donors (Lipinski definition) is 0. The van der Waals surface area contributed by atoms with Gasteiger partial charge in [0.2, 0.25) is 0 Å². The second kappa shape index (κ2) is 6.56. The molecule has 4 heteroatoms. The van der Waals surface area contributed by atoms with E-state index in [4.69, 9.17) is 0 Å². The summed E-state index contributed by atoms with van der Waals surface area (Å²) in [7, 11) is 0. The summed E-state index contributed by atoms with van der Waals surface area (Å²) >= 11 is 1.67. The van der Waals surface area contributed by atoms with Crippen LogP contribution in [0.2, 0.25) is 0 Å². The number of aromatic nitrogens is 1. The summed E-state index contributed by atoms with van der Waals surface area (Å²) in [6.45, 7) is 13.9. The van der Waals surface area contributed by atoms with E-state index in [1.54, 1.807) is 11.3 Å². The number of aryl methyl sites for hydroxylation is 1. The van der Waals surface area contributed by atoms with Crippen LogP contribution in [0, 0.1) is 26.7 Å². The molecule has 1 aliphatic rings. The molecular weight excluding hydrogens is 328 g/mol. The number of amides is 1. The second-order valence-electron chi connectivity index (χ2n) is 8.27. The molecule has 0 bridgehead atoms. The molecule has 0 radical (unpaired) electrons. The highest BCUT2D eigenvalue weighted by atomic mass is 32.1. The average molecular weight is 357 g/mol. The van der Waals surface area contributed by atoms with E-state index in [1.165, 1.54) is 23.4 Å². The van der Waals surface area contributed by atoms with Crippen molar-refractivity contribution in [2.75, 3.05) is 0 Å². The zero-order valence-corrected chi connectivity index (χ0v) is 17.0. The highest BCUT2D eigenvalue weighted by Gasteiger charge is 2.27. The Labute approximate surface area is 154 Å². The summed E-state index contributed by atoms with van der Waals surface area (Å²) in [5, 5.41) is 0. The first-order valence-corrected chi connectivity index (χ1v) is 9.86. The van der Waals surface area contributed by atoms with Crippen molar-refractivity contribution in [1.29, 1.82) is 0 Å². The maximum absolute atomic E-state index is 12.8. The molecule has 3 nitrogen and oxygen atoms in total. The summed E-state index contributed by atoms with van der Waals surface area (Å²) in [4.78, 5) is 19.6. The van der Waals surface area contributed by atoms with E-state index >= 15 is 0 Å². The lowest BCUT2D eigenvalue weighted by atomic mass is 9.93. The molecule has 3 rings (SSSR count). The van der Waals surface area contributed by atoms with Gasteiger partial charge in [0.05, 0.1) is 0 Å². The summed E-state index contributed by atoms with van der Waals surface area (Å²) in [5.74, 6) is 0.614. The zero-order chi connectivity index (χ0) is 18.4. The monoisotopic (exact) mass is 356 g/mol. The molecule has 1 amide bonds. The number of carbonyl (C=O) groups is 1. The van der Waals surface area contributed by atoms with Gasteiger partial charge >= 0.3 is 0 Å². The maximum atomic E-state index is 12.8. The first-order chi connectivity index (χ1) is 11.7. The van der Waals surface area contributed by atoms with Crippen molar-refractivity contribution in [2.45, 2.75) is 66.3 Å². The number of benzene rings is 1. The normalized spacial score (nSPS) is 15.7. The van der Waals surface area contributed by atoms with Crippen LogP contribution in [-0.4, -0.2) is 10.5 Å². The quantitative estimate of drug-likeness (QED) is 0.768. The van der Waals surface area contributed by atoms with Gasteiger partial charge in [-0.1, -0.05) is 32.9 Å². The molecule has 1 aliphatic carbocycles. The van der Waals surface area contributed by atoms with Crippen LogP contribution in [0.25, 0.3) is 0 Å². The van der Waals surface area contributed by atoms with Crippen LogP contribution in [0.1, 0.15) is 65.7 Å². The molecule has 0 spiro atoms. The lowest BCUT2D eigenvalue weighted by Gasteiger charge is -2.17. The van der Waals surface area contributed by atoms with Crippen molar-refractivity contribution < 1.29 is 4.79 Å². The summed E-state index contributed by atoms with van der Waals surface area (Å²) in [6, 6.07) is 5.85. The van der Waals surface area contributed by atoms with Gasteiger partial charge in [-0.2, -0.15) is 4.99 Å². The van der Waals surface area contributed by atoms with Crippen molar-refractivity contribution in [1.82, 2.24) is 4.57 Å². The van der Waals surface area contributed by atoms with E-state index < -0.39 is 0 Å². The molecule has 134 valence electrons. The molecule has 2 aromatic rings. The van der Waals surface area contributed by atoms with Crippen LogP contribution in [0.5, 0.6) is 0 Å². The standard InChI is InChI=1S/C21H28N2OS/c1-13-8-7-9-17(14(13)2)19(24)22-20-23(12-16-10-11-16)15(3)18(25-20)21(4,5)6/h7-9,16H,10-12H2,1-6H3/b22-20-. The summed E-state index contributed by atoms with van der Waals surface area (Å²) in [6.07, 6.45) is 2.58. The van der Waals surface area contributed by atoms with E-state index in [-0.39, 0.29) is 11.3 Å². The third-order valence-electron chi connectivity index (χ3n) is 5.01. The number of rotatable bonds is 3. The minimum Gasteiger partial charge on any atom is -0.320 e. The smallest absolute Gasteiger partial charge is 0.279 e. The second-order valence-corrected chi connectivity index (χ2v) is 9.25. The lowest BCUT2D eigenvalue weighted by molar-refractivity contribution is 0.0997. The van der Waals surface area contributed by atoms with Crippen molar-refractivity contribution in [2.24, 2.45) is 10.9 Å². The highest BCUT2D eigenvalue weighted by molar-refractivity contribution is 7.09. The third-order valence-corrected chi connectivity index (χ3v) is 6.62. The van der Waals surface area contributed by atoms with Crippen molar-refractivity contribution in [3.63, 3.8) is 0 Å². The van der Waals surface area contributed by atoms with Crippen LogP contribution < -0.4 is 4.80 Å². The molecule has 1 heterocycles. The van der Waals surface area contributed by atoms with E-state index in [0.29, 0.717) is 5.56 Å². The first kappa shape index (κ1) is 18.1. The van der Waals surface area contributed by atoms with Crippen LogP contribution >= 0.6 is 11.3 Å². The number of hydrogen-bond acceptors (Lipinski definition) is 2. The van der Waals surface area contributed by atoms with E-state index in [2.05, 4.69) is 37.3 Å². The lowest BCUT2D eigenvalue weighted by Crippen LogP contribution is -2.20. The van der Waals surface area contributed by atoms with Gasteiger partial charge in [-0.05, 0) is 62.1 Å². The van der Waals surface area contributed by atoms with Gasteiger partial charge in [0.1, 0.15) is 0 Å². The molecule has 1 aromatic carbocycles. The van der Waals surface area contributed by atoms with Crippen LogP contribution in [-0.2, 0) is 12.0 Å². The molecule has 0 unspecified atom stereocenters. The molecule has 1 fully saturated rings. The number of carbonyl (C=O) groups excluding carboxylic acids is 1. The van der Waals surface area contributed by atoms with Crippen molar-refractivity contribution in [3.05, 3.63) is 50.3 Å². The summed E-state index contributed by atoms with van der Waals surface area (Å²) < 4.78 is 2.27. The largest absolute Gasteiger partial charge is 0.320 e. The van der Waals surface area contributed by atoms with E-state index in [9.17, 15) is 4.79 Å². The van der Waals surface area contributed by atoms with Gasteiger partial charge in [-0.25, -0.2) is 0 Å².